The largest absolute Gasteiger partial charge is 0.456 e. The van der Waals surface area contributed by atoms with Gasteiger partial charge >= 0.3 is 0 Å². The first kappa shape index (κ1) is 34.4. The molecule has 12 aromatic rings. The first-order valence-corrected chi connectivity index (χ1v) is 20.3. The molecule has 3 heterocycles. The van der Waals surface area contributed by atoms with Crippen molar-refractivity contribution < 1.29 is 4.42 Å². The Balaban J connectivity index is 1.14. The zero-order valence-corrected chi connectivity index (χ0v) is 32.7. The van der Waals surface area contributed by atoms with Crippen LogP contribution in [0.5, 0.6) is 0 Å². The van der Waals surface area contributed by atoms with Crippen LogP contribution >= 0.6 is 0 Å². The van der Waals surface area contributed by atoms with E-state index < -0.39 is 0 Å². The lowest BCUT2D eigenvalue weighted by atomic mass is 9.93. The van der Waals surface area contributed by atoms with Gasteiger partial charge in [-0.2, -0.15) is 10.5 Å². The summed E-state index contributed by atoms with van der Waals surface area (Å²) in [6.07, 6.45) is 0. The second-order valence-electron chi connectivity index (χ2n) is 15.5. The van der Waals surface area contributed by atoms with E-state index in [4.69, 9.17) is 4.42 Å². The number of nitrogens with zero attached hydrogens (tertiary/aromatic N) is 4. The molecule has 0 saturated heterocycles. The van der Waals surface area contributed by atoms with Crippen molar-refractivity contribution in [1.82, 2.24) is 9.13 Å². The van der Waals surface area contributed by atoms with Crippen LogP contribution in [-0.2, 0) is 0 Å². The summed E-state index contributed by atoms with van der Waals surface area (Å²) < 4.78 is 11.2. The highest BCUT2D eigenvalue weighted by atomic mass is 16.3. The highest BCUT2D eigenvalue weighted by molar-refractivity contribution is 6.26. The van der Waals surface area contributed by atoms with Crippen molar-refractivity contribution in [2.45, 2.75) is 0 Å². The number of furan rings is 1. The number of para-hydroxylation sites is 4. The third-order valence-electron chi connectivity index (χ3n) is 12.1. The van der Waals surface area contributed by atoms with Crippen LogP contribution in [0, 0.1) is 22.7 Å². The lowest BCUT2D eigenvalue weighted by Crippen LogP contribution is -1.97. The second-order valence-corrected chi connectivity index (χ2v) is 15.5. The summed E-state index contributed by atoms with van der Waals surface area (Å²) in [6.45, 7) is 0. The van der Waals surface area contributed by atoms with Crippen LogP contribution in [0.1, 0.15) is 11.1 Å². The van der Waals surface area contributed by atoms with Crippen molar-refractivity contribution in [3.05, 3.63) is 205 Å². The van der Waals surface area contributed by atoms with Gasteiger partial charge in [-0.15, -0.1) is 0 Å². The van der Waals surface area contributed by atoms with E-state index in [9.17, 15) is 10.5 Å². The Morgan fingerprint density at radius 3 is 1.85 bits per heavy atom. The summed E-state index contributed by atoms with van der Waals surface area (Å²) in [5, 5.41) is 27.0. The molecule has 0 bridgehead atoms. The lowest BCUT2D eigenvalue weighted by Gasteiger charge is -2.15. The van der Waals surface area contributed by atoms with Crippen molar-refractivity contribution in [1.29, 1.82) is 10.5 Å². The number of rotatable bonds is 5. The van der Waals surface area contributed by atoms with Crippen molar-refractivity contribution >= 4 is 65.6 Å². The fraction of sp³-hybridized carbons (Fsp3) is 0. The third-order valence-corrected chi connectivity index (χ3v) is 12.1. The molecule has 0 radical (unpaired) electrons. The minimum atomic E-state index is 0.538. The predicted octanol–water partition coefficient (Wildman–Crippen LogP) is 14.5. The first-order valence-electron chi connectivity index (χ1n) is 20.3. The molecule has 0 saturated carbocycles. The van der Waals surface area contributed by atoms with Gasteiger partial charge in [-0.1, -0.05) is 109 Å². The van der Waals surface area contributed by atoms with Crippen molar-refractivity contribution in [2.24, 2.45) is 0 Å². The average molecular weight is 777 g/mol. The van der Waals surface area contributed by atoms with E-state index >= 15 is 0 Å². The minimum absolute atomic E-state index is 0.538. The van der Waals surface area contributed by atoms with Crippen LogP contribution < -0.4 is 0 Å². The van der Waals surface area contributed by atoms with Gasteiger partial charge in [0.15, 0.2) is 0 Å². The number of hydrogen-bond donors (Lipinski definition) is 0. The smallest absolute Gasteiger partial charge is 0.136 e. The minimum Gasteiger partial charge on any atom is -0.456 e. The van der Waals surface area contributed by atoms with Gasteiger partial charge in [0, 0.05) is 43.7 Å². The van der Waals surface area contributed by atoms with E-state index in [1.165, 1.54) is 21.7 Å². The summed E-state index contributed by atoms with van der Waals surface area (Å²) in [5.41, 5.74) is 14.9. The van der Waals surface area contributed by atoms with Crippen molar-refractivity contribution in [2.75, 3.05) is 0 Å². The van der Waals surface area contributed by atoms with E-state index in [-0.39, 0.29) is 0 Å². The molecule has 0 amide bonds. The molecule has 12 rings (SSSR count). The van der Waals surface area contributed by atoms with E-state index in [0.717, 1.165) is 88.6 Å². The topological polar surface area (TPSA) is 70.6 Å². The standard InChI is InChI=1S/C56H32N4O/c57-33-35-11-10-12-38(27-35)44-23-21-36(28-41(44)34-58)39-29-40(37-22-24-47-46-16-6-9-20-53(46)61-54(47)32-37)31-43(30-39)59-51-19-8-5-17-49(51)55-52(59)26-25-48-45-15-4-7-18-50(45)60(56(48)55)42-13-2-1-3-14-42/h1-32H. The number of hydrogen-bond acceptors (Lipinski definition) is 3. The van der Waals surface area contributed by atoms with E-state index in [0.29, 0.717) is 11.1 Å². The monoisotopic (exact) mass is 776 g/mol. The van der Waals surface area contributed by atoms with E-state index in [2.05, 4.69) is 161 Å². The molecule has 282 valence electrons. The Labute approximate surface area is 350 Å². The predicted molar refractivity (Wildman–Crippen MR) is 248 cm³/mol. The number of aromatic nitrogens is 2. The quantitative estimate of drug-likeness (QED) is 0.175. The highest BCUT2D eigenvalue weighted by Gasteiger charge is 2.22. The van der Waals surface area contributed by atoms with Gasteiger partial charge in [-0.05, 0) is 118 Å². The van der Waals surface area contributed by atoms with Crippen molar-refractivity contribution in [3.63, 3.8) is 0 Å². The van der Waals surface area contributed by atoms with Crippen LogP contribution in [0.4, 0.5) is 0 Å². The fourth-order valence-corrected chi connectivity index (χ4v) is 9.44. The molecule has 3 aromatic heterocycles. The van der Waals surface area contributed by atoms with Crippen LogP contribution in [0.2, 0.25) is 0 Å². The maximum atomic E-state index is 10.5. The normalized spacial score (nSPS) is 11.6. The van der Waals surface area contributed by atoms with Crippen molar-refractivity contribution in [3.8, 4) is 56.9 Å². The molecule has 0 aliphatic heterocycles. The molecule has 0 fully saturated rings. The molecular formula is C56H32N4O. The summed E-state index contributed by atoms with van der Waals surface area (Å²) in [7, 11) is 0. The van der Waals surface area contributed by atoms with Gasteiger partial charge in [-0.25, -0.2) is 0 Å². The molecule has 0 spiro atoms. The van der Waals surface area contributed by atoms with Gasteiger partial charge in [0.05, 0.1) is 45.3 Å². The molecular weight excluding hydrogens is 745 g/mol. The number of nitriles is 2. The van der Waals surface area contributed by atoms with E-state index in [1.54, 1.807) is 6.07 Å². The summed E-state index contributed by atoms with van der Waals surface area (Å²) in [5.74, 6) is 0. The van der Waals surface area contributed by atoms with Crippen LogP contribution in [0.15, 0.2) is 199 Å². The van der Waals surface area contributed by atoms with Gasteiger partial charge in [0.1, 0.15) is 11.2 Å². The van der Waals surface area contributed by atoms with Crippen LogP contribution in [-0.4, -0.2) is 9.13 Å². The van der Waals surface area contributed by atoms with Gasteiger partial charge < -0.3 is 13.6 Å². The zero-order chi connectivity index (χ0) is 40.6. The molecule has 9 aromatic carbocycles. The molecule has 61 heavy (non-hydrogen) atoms. The Morgan fingerprint density at radius 2 is 1.05 bits per heavy atom. The Morgan fingerprint density at radius 1 is 0.377 bits per heavy atom. The molecule has 5 heteroatoms. The molecule has 0 atom stereocenters. The SMILES string of the molecule is N#Cc1cccc(-c2ccc(-c3cc(-c4ccc5c(c4)oc4ccccc45)cc(-n4c5ccccc5c5c4ccc4c6ccccc6n(-c6ccccc6)c45)c3)cc2C#N)c1. The summed E-state index contributed by atoms with van der Waals surface area (Å²) in [4.78, 5) is 0. The lowest BCUT2D eigenvalue weighted by molar-refractivity contribution is 0.669. The van der Waals surface area contributed by atoms with Gasteiger partial charge in [-0.3, -0.25) is 0 Å². The third kappa shape index (κ3) is 5.32. The number of fused-ring (bicyclic) bond motifs is 10. The number of benzene rings is 9. The highest BCUT2D eigenvalue weighted by Crippen LogP contribution is 2.43. The maximum absolute atomic E-state index is 10.5. The van der Waals surface area contributed by atoms with E-state index in [1.807, 2.05) is 48.5 Å². The van der Waals surface area contributed by atoms with Crippen LogP contribution in [0.3, 0.4) is 0 Å². The fourth-order valence-electron chi connectivity index (χ4n) is 9.44. The Hall–Kier alpha value is -8.64. The molecule has 5 nitrogen and oxygen atoms in total. The molecule has 0 unspecified atom stereocenters. The average Bonchev–Trinajstić information content (AvgIpc) is 3.99. The second kappa shape index (κ2) is 13.5. The Bertz CT molecular complexity index is 3850. The molecule has 0 aliphatic rings. The summed E-state index contributed by atoms with van der Waals surface area (Å²) >= 11 is 0. The molecule has 0 N–H and O–H groups in total. The van der Waals surface area contributed by atoms with Gasteiger partial charge in [0.25, 0.3) is 0 Å². The maximum Gasteiger partial charge on any atom is 0.136 e. The summed E-state index contributed by atoms with van der Waals surface area (Å²) in [6, 6.07) is 72.0. The Kier molecular flexibility index (Phi) is 7.59. The van der Waals surface area contributed by atoms with Crippen LogP contribution in [0.25, 0.3) is 110 Å². The zero-order valence-electron chi connectivity index (χ0n) is 32.7. The van der Waals surface area contributed by atoms with Gasteiger partial charge in [0.2, 0.25) is 0 Å². The molecule has 0 aliphatic carbocycles. The first-order chi connectivity index (χ1) is 30.1.